The number of allylic oxidation sites excluding steroid dienone is 2. The standard InChI is InChI=1S/C32H47FN6O/c1-25(2)20-26(3)21-32(37-16-14-36(15-17-37)30-10-6-5-8-28(30)9-7-13-34)40-24-39-19-18-38(23-27(39)4)31-12-11-29(33)22-35-31/h5-6,8,10-12,20,22,27,32H,1,7,9,13-19,21,23-24,34H2,2-4H3/b26-20-/t27-,32?/m0/s1. The summed E-state index contributed by atoms with van der Waals surface area (Å²) >= 11 is 0. The highest BCUT2D eigenvalue weighted by atomic mass is 19.1. The average molecular weight is 551 g/mol. The monoisotopic (exact) mass is 550 g/mol. The van der Waals surface area contributed by atoms with Gasteiger partial charge in [0.2, 0.25) is 0 Å². The molecule has 4 rings (SSSR count). The quantitative estimate of drug-likeness (QED) is 0.386. The number of aryl methyl sites for hydroxylation is 1. The maximum absolute atomic E-state index is 13.3. The second-order valence-electron chi connectivity index (χ2n) is 11.3. The number of hydrogen-bond acceptors (Lipinski definition) is 7. The van der Waals surface area contributed by atoms with Gasteiger partial charge in [-0.15, -0.1) is 0 Å². The van der Waals surface area contributed by atoms with Crippen LogP contribution in [0.1, 0.15) is 39.2 Å². The Balaban J connectivity index is 1.36. The summed E-state index contributed by atoms with van der Waals surface area (Å²) in [5, 5.41) is 0. The van der Waals surface area contributed by atoms with Crippen molar-refractivity contribution in [3.05, 3.63) is 77.8 Å². The fourth-order valence-corrected chi connectivity index (χ4v) is 5.75. The third-order valence-corrected chi connectivity index (χ3v) is 7.93. The highest BCUT2D eigenvalue weighted by Gasteiger charge is 2.29. The summed E-state index contributed by atoms with van der Waals surface area (Å²) in [6.07, 6.45) is 6.35. The van der Waals surface area contributed by atoms with Crippen molar-refractivity contribution in [3.8, 4) is 0 Å². The molecule has 0 radical (unpaired) electrons. The van der Waals surface area contributed by atoms with Crippen molar-refractivity contribution in [2.75, 3.05) is 68.9 Å². The number of ether oxygens (including phenoxy) is 1. The van der Waals surface area contributed by atoms with Crippen LogP contribution in [0.25, 0.3) is 0 Å². The summed E-state index contributed by atoms with van der Waals surface area (Å²) < 4.78 is 20.0. The molecule has 1 aromatic carbocycles. The van der Waals surface area contributed by atoms with Crippen molar-refractivity contribution in [1.29, 1.82) is 0 Å². The molecular weight excluding hydrogens is 503 g/mol. The summed E-state index contributed by atoms with van der Waals surface area (Å²) in [7, 11) is 0. The number of anilines is 2. The Labute approximate surface area is 240 Å². The molecule has 0 bridgehead atoms. The first-order valence-corrected chi connectivity index (χ1v) is 14.7. The van der Waals surface area contributed by atoms with Crippen LogP contribution in [0.5, 0.6) is 0 Å². The summed E-state index contributed by atoms with van der Waals surface area (Å²) in [5.74, 6) is 0.525. The van der Waals surface area contributed by atoms with E-state index in [1.54, 1.807) is 6.07 Å². The van der Waals surface area contributed by atoms with Gasteiger partial charge >= 0.3 is 0 Å². The molecule has 2 fully saturated rings. The molecule has 1 aromatic heterocycles. The summed E-state index contributed by atoms with van der Waals surface area (Å²) in [5.41, 5.74) is 10.9. The van der Waals surface area contributed by atoms with Crippen LogP contribution in [0.15, 0.2) is 66.4 Å². The minimum atomic E-state index is -0.303. The molecule has 218 valence electrons. The normalized spacial score (nSPS) is 20.1. The molecule has 2 N–H and O–H groups in total. The molecule has 3 heterocycles. The number of nitrogens with two attached hydrogens (primary N) is 1. The predicted molar refractivity (Wildman–Crippen MR) is 163 cm³/mol. The summed E-state index contributed by atoms with van der Waals surface area (Å²) in [6, 6.07) is 12.3. The Morgan fingerprint density at radius 3 is 2.52 bits per heavy atom. The number of rotatable bonds is 12. The van der Waals surface area contributed by atoms with Gasteiger partial charge in [-0.05, 0) is 63.9 Å². The van der Waals surface area contributed by atoms with Crippen LogP contribution in [-0.4, -0.2) is 86.1 Å². The molecule has 0 saturated carbocycles. The van der Waals surface area contributed by atoms with Gasteiger partial charge in [-0.25, -0.2) is 9.37 Å². The lowest BCUT2D eigenvalue weighted by Gasteiger charge is -2.43. The van der Waals surface area contributed by atoms with E-state index in [2.05, 4.69) is 75.4 Å². The van der Waals surface area contributed by atoms with Gasteiger partial charge in [0, 0.05) is 64.0 Å². The minimum absolute atomic E-state index is 0.00855. The molecule has 8 heteroatoms. The third kappa shape index (κ3) is 8.36. The molecule has 2 aliphatic rings. The molecule has 40 heavy (non-hydrogen) atoms. The molecule has 0 amide bonds. The Kier molecular flexibility index (Phi) is 11.1. The smallest absolute Gasteiger partial charge is 0.141 e. The summed E-state index contributed by atoms with van der Waals surface area (Å²) in [6.45, 7) is 18.2. The lowest BCUT2D eigenvalue weighted by atomic mass is 10.1. The van der Waals surface area contributed by atoms with Gasteiger partial charge in [-0.3, -0.25) is 9.80 Å². The molecule has 2 aliphatic heterocycles. The van der Waals surface area contributed by atoms with Crippen LogP contribution < -0.4 is 15.5 Å². The predicted octanol–water partition coefficient (Wildman–Crippen LogP) is 4.66. The van der Waals surface area contributed by atoms with E-state index in [0.717, 1.165) is 83.0 Å². The number of para-hydroxylation sites is 1. The lowest BCUT2D eigenvalue weighted by Crippen LogP contribution is -2.55. The molecule has 2 atom stereocenters. The van der Waals surface area contributed by atoms with Crippen LogP contribution in [0, 0.1) is 5.82 Å². The van der Waals surface area contributed by atoms with Crippen molar-refractivity contribution in [3.63, 3.8) is 0 Å². The number of hydrogen-bond donors (Lipinski definition) is 1. The number of pyridine rings is 1. The average Bonchev–Trinajstić information content (AvgIpc) is 2.95. The van der Waals surface area contributed by atoms with Gasteiger partial charge in [0.25, 0.3) is 0 Å². The van der Waals surface area contributed by atoms with E-state index in [-0.39, 0.29) is 12.0 Å². The molecular formula is C32H47FN6O. The van der Waals surface area contributed by atoms with Gasteiger partial charge in [-0.1, -0.05) is 42.0 Å². The number of piperazine rings is 2. The van der Waals surface area contributed by atoms with E-state index >= 15 is 0 Å². The SMILES string of the molecule is C=C(C)/C=C(/C)CC(OCN1CCN(c2ccc(F)cn2)C[C@@H]1C)N1CCN(c2ccccc2CCCN)CC1. The van der Waals surface area contributed by atoms with Crippen LogP contribution in [0.4, 0.5) is 15.9 Å². The van der Waals surface area contributed by atoms with Crippen LogP contribution in [0.2, 0.25) is 0 Å². The van der Waals surface area contributed by atoms with Crippen molar-refractivity contribution in [1.82, 2.24) is 14.8 Å². The number of nitrogens with zero attached hydrogens (tertiary/aromatic N) is 5. The fourth-order valence-electron chi connectivity index (χ4n) is 5.75. The second-order valence-corrected chi connectivity index (χ2v) is 11.3. The second kappa shape index (κ2) is 14.7. The molecule has 2 saturated heterocycles. The largest absolute Gasteiger partial charge is 0.369 e. The zero-order valence-electron chi connectivity index (χ0n) is 24.6. The lowest BCUT2D eigenvalue weighted by molar-refractivity contribution is -0.108. The van der Waals surface area contributed by atoms with Gasteiger partial charge in [0.05, 0.1) is 6.20 Å². The van der Waals surface area contributed by atoms with Crippen molar-refractivity contribution in [2.24, 2.45) is 5.73 Å². The molecule has 0 aliphatic carbocycles. The van der Waals surface area contributed by atoms with Gasteiger partial charge < -0.3 is 20.3 Å². The molecule has 1 unspecified atom stereocenters. The minimum Gasteiger partial charge on any atom is -0.369 e. The first-order chi connectivity index (χ1) is 19.3. The first-order valence-electron chi connectivity index (χ1n) is 14.7. The zero-order valence-corrected chi connectivity index (χ0v) is 24.6. The number of benzene rings is 1. The maximum atomic E-state index is 13.3. The highest BCUT2D eigenvalue weighted by Crippen LogP contribution is 2.25. The fraction of sp³-hybridized carbons (Fsp3) is 0.531. The van der Waals surface area contributed by atoms with E-state index in [4.69, 9.17) is 10.5 Å². The Bertz CT molecular complexity index is 1110. The van der Waals surface area contributed by atoms with Crippen LogP contribution in [-0.2, 0) is 11.2 Å². The van der Waals surface area contributed by atoms with Gasteiger partial charge in [0.1, 0.15) is 24.6 Å². The Morgan fingerprint density at radius 2 is 1.85 bits per heavy atom. The maximum Gasteiger partial charge on any atom is 0.141 e. The van der Waals surface area contributed by atoms with E-state index in [1.165, 1.54) is 29.1 Å². The van der Waals surface area contributed by atoms with Crippen LogP contribution >= 0.6 is 0 Å². The molecule has 7 nitrogen and oxygen atoms in total. The number of halogens is 1. The van der Waals surface area contributed by atoms with Crippen LogP contribution in [0.3, 0.4) is 0 Å². The first kappa shape index (κ1) is 30.2. The highest BCUT2D eigenvalue weighted by molar-refractivity contribution is 5.54. The Hall–Kier alpha value is -2.78. The van der Waals surface area contributed by atoms with Crippen molar-refractivity contribution in [2.45, 2.75) is 52.3 Å². The van der Waals surface area contributed by atoms with E-state index in [0.29, 0.717) is 12.8 Å². The van der Waals surface area contributed by atoms with E-state index in [9.17, 15) is 4.39 Å². The van der Waals surface area contributed by atoms with Gasteiger partial charge in [0.15, 0.2) is 0 Å². The summed E-state index contributed by atoms with van der Waals surface area (Å²) in [4.78, 5) is 13.9. The number of aromatic nitrogens is 1. The zero-order chi connectivity index (χ0) is 28.5. The van der Waals surface area contributed by atoms with Crippen molar-refractivity contribution >= 4 is 11.5 Å². The molecule has 0 spiro atoms. The van der Waals surface area contributed by atoms with Gasteiger partial charge in [-0.2, -0.15) is 0 Å². The molecule has 2 aromatic rings. The van der Waals surface area contributed by atoms with E-state index in [1.807, 2.05) is 6.92 Å². The third-order valence-electron chi connectivity index (χ3n) is 7.93. The topological polar surface area (TPSA) is 61.1 Å². The Morgan fingerprint density at radius 1 is 1.10 bits per heavy atom. The van der Waals surface area contributed by atoms with E-state index < -0.39 is 0 Å². The van der Waals surface area contributed by atoms with Crippen molar-refractivity contribution < 1.29 is 9.13 Å².